The minimum Gasteiger partial charge on any atom is -0.494 e. The second kappa shape index (κ2) is 10.6. The summed E-state index contributed by atoms with van der Waals surface area (Å²) in [5, 5.41) is 9.09. The average Bonchev–Trinajstić information content (AvgIpc) is 3.18. The van der Waals surface area contributed by atoms with Crippen LogP contribution in [0.15, 0.2) is 42.5 Å². The number of fused-ring (bicyclic) bond motifs is 1. The minimum absolute atomic E-state index is 0.0218. The molecule has 8 nitrogen and oxygen atoms in total. The fraction of sp³-hybridized carbons (Fsp3) is 0.348. The van der Waals surface area contributed by atoms with E-state index in [4.69, 9.17) is 4.74 Å². The van der Waals surface area contributed by atoms with Crippen molar-refractivity contribution in [2.75, 3.05) is 36.9 Å². The molecule has 33 heavy (non-hydrogen) atoms. The third kappa shape index (κ3) is 6.39. The molecule has 0 unspecified atom stereocenters. The van der Waals surface area contributed by atoms with Gasteiger partial charge in [0.05, 0.1) is 23.4 Å². The summed E-state index contributed by atoms with van der Waals surface area (Å²) < 4.78 is 19.4. The van der Waals surface area contributed by atoms with Crippen molar-refractivity contribution in [2.24, 2.45) is 0 Å². The van der Waals surface area contributed by atoms with E-state index in [0.717, 1.165) is 28.8 Å². The maximum absolute atomic E-state index is 13.0. The minimum atomic E-state index is -0.351. The highest BCUT2D eigenvalue weighted by molar-refractivity contribution is 7.22. The quantitative estimate of drug-likeness (QED) is 0.483. The Morgan fingerprint density at radius 1 is 1.15 bits per heavy atom. The summed E-state index contributed by atoms with van der Waals surface area (Å²) in [6.45, 7) is 4.21. The number of amides is 3. The first-order chi connectivity index (χ1) is 16.0. The number of hydrogen-bond acceptors (Lipinski definition) is 6. The first-order valence-corrected chi connectivity index (χ1v) is 11.7. The van der Waals surface area contributed by atoms with Crippen LogP contribution in [-0.2, 0) is 4.79 Å². The summed E-state index contributed by atoms with van der Waals surface area (Å²) in [6.07, 6.45) is 1.48. The fourth-order valence-corrected chi connectivity index (χ4v) is 4.61. The van der Waals surface area contributed by atoms with E-state index < -0.39 is 0 Å². The van der Waals surface area contributed by atoms with Gasteiger partial charge in [-0.3, -0.25) is 9.69 Å². The van der Waals surface area contributed by atoms with E-state index in [1.54, 1.807) is 0 Å². The number of nitrogens with zero attached hydrogens (tertiary/aromatic N) is 2. The van der Waals surface area contributed by atoms with Crippen molar-refractivity contribution in [2.45, 2.75) is 25.8 Å². The zero-order chi connectivity index (χ0) is 23.2. The fourth-order valence-electron chi connectivity index (χ4n) is 3.70. The highest BCUT2D eigenvalue weighted by Gasteiger charge is 2.22. The number of ether oxygens (including phenoxy) is 1. The molecule has 0 aliphatic carbocycles. The first-order valence-electron chi connectivity index (χ1n) is 10.9. The molecule has 2 heterocycles. The van der Waals surface area contributed by atoms with E-state index in [0.29, 0.717) is 30.5 Å². The van der Waals surface area contributed by atoms with E-state index >= 15 is 0 Å². The number of carbonyl (C=O) groups excluding carboxylic acids is 2. The lowest BCUT2D eigenvalue weighted by molar-refractivity contribution is -0.117. The predicted molar refractivity (Wildman–Crippen MR) is 127 cm³/mol. The molecule has 10 heteroatoms. The number of urea groups is 1. The third-order valence-electron chi connectivity index (χ3n) is 5.31. The molecule has 1 aliphatic rings. The maximum Gasteiger partial charge on any atom is 0.319 e. The van der Waals surface area contributed by atoms with Crippen molar-refractivity contribution in [3.05, 3.63) is 48.3 Å². The molecule has 3 aromatic rings. The molecule has 4 rings (SSSR count). The Morgan fingerprint density at radius 3 is 2.64 bits per heavy atom. The van der Waals surface area contributed by atoms with Crippen LogP contribution in [0.5, 0.6) is 5.75 Å². The van der Waals surface area contributed by atoms with Crippen LogP contribution >= 0.6 is 11.3 Å². The van der Waals surface area contributed by atoms with Crippen LogP contribution in [0.2, 0.25) is 0 Å². The van der Waals surface area contributed by atoms with Crippen LogP contribution in [0.3, 0.4) is 0 Å². The normalized spacial score (nSPS) is 14.7. The number of anilines is 2. The number of nitrogens with one attached hydrogen (secondary N) is 3. The van der Waals surface area contributed by atoms with Crippen molar-refractivity contribution in [1.82, 2.24) is 15.2 Å². The Morgan fingerprint density at radius 2 is 1.91 bits per heavy atom. The molecule has 0 radical (unpaired) electrons. The van der Waals surface area contributed by atoms with Crippen molar-refractivity contribution in [3.63, 3.8) is 0 Å². The Balaban J connectivity index is 1.21. The lowest BCUT2D eigenvalue weighted by atomic mass is 10.1. The molecule has 3 amide bonds. The maximum atomic E-state index is 13.0. The molecule has 0 bridgehead atoms. The van der Waals surface area contributed by atoms with Gasteiger partial charge in [-0.1, -0.05) is 11.3 Å². The van der Waals surface area contributed by atoms with Gasteiger partial charge in [0.25, 0.3) is 0 Å². The van der Waals surface area contributed by atoms with Gasteiger partial charge in [-0.25, -0.2) is 14.2 Å². The van der Waals surface area contributed by atoms with Gasteiger partial charge in [-0.05, 0) is 62.2 Å². The van der Waals surface area contributed by atoms with E-state index in [2.05, 4.69) is 25.8 Å². The highest BCUT2D eigenvalue weighted by Crippen LogP contribution is 2.29. The second-order valence-electron chi connectivity index (χ2n) is 7.79. The molecule has 0 atom stereocenters. The van der Waals surface area contributed by atoms with E-state index in [9.17, 15) is 14.0 Å². The number of carbonyl (C=O) groups is 2. The van der Waals surface area contributed by atoms with E-state index in [-0.39, 0.29) is 30.3 Å². The molecule has 3 N–H and O–H groups in total. The molecule has 0 spiro atoms. The van der Waals surface area contributed by atoms with Crippen molar-refractivity contribution in [1.29, 1.82) is 0 Å². The summed E-state index contributed by atoms with van der Waals surface area (Å²) >= 11 is 1.42. The number of thiazole rings is 1. The van der Waals surface area contributed by atoms with Crippen LogP contribution < -0.4 is 20.7 Å². The smallest absolute Gasteiger partial charge is 0.319 e. The number of aromatic nitrogens is 1. The van der Waals surface area contributed by atoms with Gasteiger partial charge >= 0.3 is 6.03 Å². The van der Waals surface area contributed by atoms with Crippen LogP contribution in [-0.4, -0.2) is 54.1 Å². The average molecular weight is 472 g/mol. The van der Waals surface area contributed by atoms with E-state index in [1.807, 2.05) is 25.1 Å². The SMILES string of the molecule is CCOc1ccc2nc(NC(=O)CN3CCC(NC(=O)Nc4ccc(F)cc4)CC3)sc2c1. The molecule has 1 saturated heterocycles. The number of benzene rings is 2. The van der Waals surface area contributed by atoms with Crippen LogP contribution in [0.25, 0.3) is 10.2 Å². The van der Waals surface area contributed by atoms with Crippen LogP contribution in [0, 0.1) is 5.82 Å². The number of hydrogen-bond donors (Lipinski definition) is 3. The van der Waals surface area contributed by atoms with Gasteiger partial charge < -0.3 is 20.7 Å². The predicted octanol–water partition coefficient (Wildman–Crippen LogP) is 4.06. The Kier molecular flexibility index (Phi) is 7.36. The number of likely N-dealkylation sites (tertiary alicyclic amines) is 1. The van der Waals surface area contributed by atoms with Gasteiger partial charge in [-0.15, -0.1) is 0 Å². The van der Waals surface area contributed by atoms with Crippen molar-refractivity contribution >= 4 is 44.3 Å². The Bertz CT molecular complexity index is 1110. The van der Waals surface area contributed by atoms with Crippen molar-refractivity contribution in [3.8, 4) is 5.75 Å². The van der Waals surface area contributed by atoms with Gasteiger partial charge in [-0.2, -0.15) is 0 Å². The second-order valence-corrected chi connectivity index (χ2v) is 8.82. The first kappa shape index (κ1) is 22.9. The lowest BCUT2D eigenvalue weighted by Crippen LogP contribution is -2.47. The Labute approximate surface area is 195 Å². The molecule has 0 saturated carbocycles. The Hall–Kier alpha value is -3.24. The van der Waals surface area contributed by atoms with Crippen LogP contribution in [0.4, 0.5) is 20.0 Å². The monoisotopic (exact) mass is 471 g/mol. The van der Waals surface area contributed by atoms with Gasteiger partial charge in [0.15, 0.2) is 5.13 Å². The van der Waals surface area contributed by atoms with Crippen LogP contribution in [0.1, 0.15) is 19.8 Å². The summed E-state index contributed by atoms with van der Waals surface area (Å²) in [4.78, 5) is 31.2. The third-order valence-corrected chi connectivity index (χ3v) is 6.24. The molecule has 1 aliphatic heterocycles. The topological polar surface area (TPSA) is 95.6 Å². The summed E-state index contributed by atoms with van der Waals surface area (Å²) in [6, 6.07) is 11.0. The van der Waals surface area contributed by atoms with Gasteiger partial charge in [0.2, 0.25) is 5.91 Å². The summed E-state index contributed by atoms with van der Waals surface area (Å²) in [7, 11) is 0. The largest absolute Gasteiger partial charge is 0.494 e. The zero-order valence-corrected chi connectivity index (χ0v) is 19.1. The summed E-state index contributed by atoms with van der Waals surface area (Å²) in [5.74, 6) is 0.324. The van der Waals surface area contributed by atoms with Gasteiger partial charge in [0.1, 0.15) is 11.6 Å². The number of rotatable bonds is 7. The number of halogens is 1. The molecule has 1 aromatic heterocycles. The summed E-state index contributed by atoms with van der Waals surface area (Å²) in [5.41, 5.74) is 1.36. The molecular weight excluding hydrogens is 445 g/mol. The molecular formula is C23H26FN5O3S. The zero-order valence-electron chi connectivity index (χ0n) is 18.3. The molecule has 1 fully saturated rings. The lowest BCUT2D eigenvalue weighted by Gasteiger charge is -2.31. The van der Waals surface area contributed by atoms with E-state index in [1.165, 1.54) is 35.6 Å². The number of piperidine rings is 1. The molecule has 174 valence electrons. The van der Waals surface area contributed by atoms with Gasteiger partial charge in [0, 0.05) is 24.8 Å². The highest BCUT2D eigenvalue weighted by atomic mass is 32.1. The standard InChI is InChI=1S/C23H26FN5O3S/c1-2-32-18-7-8-19-20(13-18)33-23(27-19)28-21(30)14-29-11-9-17(10-12-29)26-22(31)25-16-5-3-15(24)4-6-16/h3-8,13,17H,2,9-12,14H2,1H3,(H2,25,26,31)(H,27,28,30). The van der Waals surface area contributed by atoms with Crippen molar-refractivity contribution < 1.29 is 18.7 Å². The molecule has 2 aromatic carbocycles.